The van der Waals surface area contributed by atoms with Gasteiger partial charge in [-0.05, 0) is 43.2 Å². The summed E-state index contributed by atoms with van der Waals surface area (Å²) in [5.74, 6) is 0. The van der Waals surface area contributed by atoms with Crippen LogP contribution in [0.1, 0.15) is 29.8 Å². The standard InChI is InChI=1S/C15H17ClN2/c1-11-6-7-13(9-17-11)10-18-12(2)14-4-3-5-15(16)8-14/h3-9,12,18H,10H2,1-2H3. The monoisotopic (exact) mass is 260 g/mol. The summed E-state index contributed by atoms with van der Waals surface area (Å²) >= 11 is 5.99. The molecular formula is C15H17ClN2. The summed E-state index contributed by atoms with van der Waals surface area (Å²) in [5, 5.41) is 4.24. The average Bonchev–Trinajstić information content (AvgIpc) is 2.38. The van der Waals surface area contributed by atoms with Crippen molar-refractivity contribution in [3.05, 3.63) is 64.4 Å². The smallest absolute Gasteiger partial charge is 0.0409 e. The summed E-state index contributed by atoms with van der Waals surface area (Å²) in [6.45, 7) is 4.93. The lowest BCUT2D eigenvalue weighted by molar-refractivity contribution is 0.574. The Labute approximate surface area is 113 Å². The molecule has 2 rings (SSSR count). The van der Waals surface area contributed by atoms with Gasteiger partial charge < -0.3 is 5.32 Å². The molecule has 1 atom stereocenters. The van der Waals surface area contributed by atoms with E-state index < -0.39 is 0 Å². The predicted octanol–water partition coefficient (Wildman–Crippen LogP) is 3.89. The zero-order valence-electron chi connectivity index (χ0n) is 10.7. The first-order chi connectivity index (χ1) is 8.65. The van der Waals surface area contributed by atoms with Crippen LogP contribution in [0.4, 0.5) is 0 Å². The largest absolute Gasteiger partial charge is 0.306 e. The van der Waals surface area contributed by atoms with Gasteiger partial charge in [0.1, 0.15) is 0 Å². The van der Waals surface area contributed by atoms with E-state index in [1.54, 1.807) is 0 Å². The van der Waals surface area contributed by atoms with Crippen molar-refractivity contribution < 1.29 is 0 Å². The van der Waals surface area contributed by atoms with Crippen LogP contribution in [0.25, 0.3) is 0 Å². The van der Waals surface area contributed by atoms with Gasteiger partial charge in [0.05, 0.1) is 0 Å². The van der Waals surface area contributed by atoms with Crippen molar-refractivity contribution in [2.75, 3.05) is 0 Å². The van der Waals surface area contributed by atoms with E-state index in [1.165, 1.54) is 11.1 Å². The second-order valence-corrected chi connectivity index (χ2v) is 4.90. The molecule has 0 saturated carbocycles. The second kappa shape index (κ2) is 5.98. The molecule has 1 aromatic carbocycles. The van der Waals surface area contributed by atoms with Gasteiger partial charge in [0, 0.05) is 29.5 Å². The molecule has 0 aliphatic carbocycles. The third-order valence-corrected chi connectivity index (χ3v) is 3.17. The first-order valence-corrected chi connectivity index (χ1v) is 6.43. The minimum atomic E-state index is 0.269. The Balaban J connectivity index is 1.96. The molecule has 1 unspecified atom stereocenters. The molecule has 1 aromatic heterocycles. The maximum Gasteiger partial charge on any atom is 0.0409 e. The highest BCUT2D eigenvalue weighted by Gasteiger charge is 2.05. The minimum Gasteiger partial charge on any atom is -0.306 e. The molecular weight excluding hydrogens is 244 g/mol. The molecule has 1 N–H and O–H groups in total. The van der Waals surface area contributed by atoms with E-state index >= 15 is 0 Å². The van der Waals surface area contributed by atoms with E-state index in [2.05, 4.69) is 29.4 Å². The van der Waals surface area contributed by atoms with Crippen LogP contribution in [0, 0.1) is 6.92 Å². The summed E-state index contributed by atoms with van der Waals surface area (Å²) in [4.78, 5) is 4.28. The van der Waals surface area contributed by atoms with Crippen molar-refractivity contribution in [1.29, 1.82) is 0 Å². The molecule has 0 aliphatic rings. The Morgan fingerprint density at radius 2 is 2.11 bits per heavy atom. The number of aromatic nitrogens is 1. The van der Waals surface area contributed by atoms with E-state index in [9.17, 15) is 0 Å². The normalized spacial score (nSPS) is 12.4. The van der Waals surface area contributed by atoms with E-state index in [-0.39, 0.29) is 6.04 Å². The molecule has 3 heteroatoms. The van der Waals surface area contributed by atoms with Gasteiger partial charge in [-0.2, -0.15) is 0 Å². The molecule has 0 fully saturated rings. The molecule has 0 spiro atoms. The van der Waals surface area contributed by atoms with Crippen molar-refractivity contribution in [1.82, 2.24) is 10.3 Å². The van der Waals surface area contributed by atoms with Crippen LogP contribution in [0.2, 0.25) is 5.02 Å². The summed E-state index contributed by atoms with van der Waals surface area (Å²) < 4.78 is 0. The second-order valence-electron chi connectivity index (χ2n) is 4.47. The Bertz CT molecular complexity index is 508. The molecule has 0 saturated heterocycles. The number of aryl methyl sites for hydroxylation is 1. The van der Waals surface area contributed by atoms with Gasteiger partial charge in [-0.15, -0.1) is 0 Å². The fourth-order valence-electron chi connectivity index (χ4n) is 1.77. The Hall–Kier alpha value is -1.38. The number of rotatable bonds is 4. The van der Waals surface area contributed by atoms with Crippen LogP contribution in [-0.2, 0) is 6.54 Å². The van der Waals surface area contributed by atoms with Gasteiger partial charge in [0.25, 0.3) is 0 Å². The van der Waals surface area contributed by atoms with Gasteiger partial charge in [0.2, 0.25) is 0 Å². The molecule has 18 heavy (non-hydrogen) atoms. The first kappa shape index (κ1) is 13.1. The fraction of sp³-hybridized carbons (Fsp3) is 0.267. The fourth-order valence-corrected chi connectivity index (χ4v) is 1.97. The third kappa shape index (κ3) is 3.56. The maximum absolute atomic E-state index is 5.99. The number of benzene rings is 1. The van der Waals surface area contributed by atoms with E-state index in [0.717, 1.165) is 17.3 Å². The number of pyridine rings is 1. The Morgan fingerprint density at radius 3 is 2.78 bits per heavy atom. The van der Waals surface area contributed by atoms with Crippen molar-refractivity contribution in [3.63, 3.8) is 0 Å². The predicted molar refractivity (Wildman–Crippen MR) is 75.7 cm³/mol. The lowest BCUT2D eigenvalue weighted by atomic mass is 10.1. The van der Waals surface area contributed by atoms with Crippen LogP contribution in [0.5, 0.6) is 0 Å². The number of hydrogen-bond acceptors (Lipinski definition) is 2. The SMILES string of the molecule is Cc1ccc(CNC(C)c2cccc(Cl)c2)cn1. The van der Waals surface area contributed by atoms with Crippen LogP contribution in [0.3, 0.4) is 0 Å². The van der Waals surface area contributed by atoms with Gasteiger partial charge in [-0.25, -0.2) is 0 Å². The van der Waals surface area contributed by atoms with Gasteiger partial charge >= 0.3 is 0 Å². The average molecular weight is 261 g/mol. The minimum absolute atomic E-state index is 0.269. The van der Waals surface area contributed by atoms with Crippen molar-refractivity contribution >= 4 is 11.6 Å². The van der Waals surface area contributed by atoms with E-state index in [4.69, 9.17) is 11.6 Å². The highest BCUT2D eigenvalue weighted by molar-refractivity contribution is 6.30. The zero-order valence-corrected chi connectivity index (χ0v) is 11.4. The summed E-state index contributed by atoms with van der Waals surface area (Å²) in [5.41, 5.74) is 3.43. The number of nitrogens with one attached hydrogen (secondary N) is 1. The molecule has 0 amide bonds. The highest BCUT2D eigenvalue weighted by Crippen LogP contribution is 2.17. The lowest BCUT2D eigenvalue weighted by Gasteiger charge is -2.14. The summed E-state index contributed by atoms with van der Waals surface area (Å²) in [6.07, 6.45) is 1.91. The van der Waals surface area contributed by atoms with Gasteiger partial charge in [0.15, 0.2) is 0 Å². The highest BCUT2D eigenvalue weighted by atomic mass is 35.5. The lowest BCUT2D eigenvalue weighted by Crippen LogP contribution is -2.18. The Kier molecular flexibility index (Phi) is 4.34. The molecule has 2 nitrogen and oxygen atoms in total. The molecule has 0 aliphatic heterocycles. The third-order valence-electron chi connectivity index (χ3n) is 2.93. The topological polar surface area (TPSA) is 24.9 Å². The molecule has 0 bridgehead atoms. The van der Waals surface area contributed by atoms with E-state index in [0.29, 0.717) is 0 Å². The molecule has 94 valence electrons. The Morgan fingerprint density at radius 1 is 1.28 bits per heavy atom. The van der Waals surface area contributed by atoms with Gasteiger partial charge in [-0.3, -0.25) is 4.98 Å². The molecule has 2 aromatic rings. The number of hydrogen-bond donors (Lipinski definition) is 1. The maximum atomic E-state index is 5.99. The van der Waals surface area contributed by atoms with Crippen molar-refractivity contribution in [2.24, 2.45) is 0 Å². The molecule has 0 radical (unpaired) electrons. The van der Waals surface area contributed by atoms with Crippen LogP contribution in [0.15, 0.2) is 42.6 Å². The summed E-state index contributed by atoms with van der Waals surface area (Å²) in [7, 11) is 0. The first-order valence-electron chi connectivity index (χ1n) is 6.05. The van der Waals surface area contributed by atoms with Crippen LogP contribution in [-0.4, -0.2) is 4.98 Å². The summed E-state index contributed by atoms with van der Waals surface area (Å²) in [6, 6.07) is 12.3. The quantitative estimate of drug-likeness (QED) is 0.902. The van der Waals surface area contributed by atoms with Crippen molar-refractivity contribution in [2.45, 2.75) is 26.4 Å². The number of nitrogens with zero attached hydrogens (tertiary/aromatic N) is 1. The van der Waals surface area contributed by atoms with Crippen LogP contribution >= 0.6 is 11.6 Å². The zero-order chi connectivity index (χ0) is 13.0. The van der Waals surface area contributed by atoms with Crippen molar-refractivity contribution in [3.8, 4) is 0 Å². The van der Waals surface area contributed by atoms with Gasteiger partial charge in [-0.1, -0.05) is 29.8 Å². The molecule has 1 heterocycles. The number of halogens is 1. The van der Waals surface area contributed by atoms with Crippen LogP contribution < -0.4 is 5.32 Å². The van der Waals surface area contributed by atoms with E-state index in [1.807, 2.05) is 37.4 Å².